The number of nitrogens with zero attached hydrogens (tertiary/aromatic N) is 2. The zero-order chi connectivity index (χ0) is 43.5. The van der Waals surface area contributed by atoms with E-state index in [1.165, 1.54) is 49.2 Å². The standard InChI is InChI=1S/C48H41F2N3O6S3/c1-59-41-23-26-43(27-24-41)62(57,58)53(32-36-29-40(49)22-28-45(36)50)51-47(54)46-31-42(33-52(46)61(55,56)44-25-21-34-13-11-12-14-35(34)30-44)60-48(37-15-5-2-6-16-37,38-17-7-3-8-18-38)39-19-9-4-10-20-39/h2-30,42,46H,31-33H2,1H3,(H,51,54)/t42-,46+/m1/s1. The van der Waals surface area contributed by atoms with E-state index in [9.17, 15) is 26.0 Å². The van der Waals surface area contributed by atoms with Crippen molar-refractivity contribution in [2.45, 2.75) is 38.8 Å². The molecule has 0 saturated carbocycles. The van der Waals surface area contributed by atoms with Crippen molar-refractivity contribution < 1.29 is 35.1 Å². The maximum atomic E-state index is 15.2. The van der Waals surface area contributed by atoms with E-state index in [1.807, 2.05) is 103 Å². The molecule has 0 aromatic heterocycles. The van der Waals surface area contributed by atoms with Crippen LogP contribution in [0.25, 0.3) is 10.8 Å². The quantitative estimate of drug-likeness (QED) is 0.0858. The second-order valence-electron chi connectivity index (χ2n) is 14.8. The minimum atomic E-state index is -4.67. The summed E-state index contributed by atoms with van der Waals surface area (Å²) in [5, 5.41) is 0.941. The molecule has 1 amide bonds. The molecular formula is C48H41F2N3O6S3. The van der Waals surface area contributed by atoms with Gasteiger partial charge in [0, 0.05) is 17.4 Å². The average molecular weight is 890 g/mol. The molecule has 1 saturated heterocycles. The van der Waals surface area contributed by atoms with E-state index in [4.69, 9.17) is 4.74 Å². The Bertz CT molecular complexity index is 2830. The summed E-state index contributed by atoms with van der Waals surface area (Å²) < 4.78 is 94.2. The molecule has 62 heavy (non-hydrogen) atoms. The van der Waals surface area contributed by atoms with Gasteiger partial charge in [-0.15, -0.1) is 16.2 Å². The van der Waals surface area contributed by atoms with Crippen LogP contribution in [0.1, 0.15) is 28.7 Å². The third kappa shape index (κ3) is 8.48. The number of thioether (sulfide) groups is 1. The van der Waals surface area contributed by atoms with E-state index in [-0.39, 0.29) is 28.3 Å². The van der Waals surface area contributed by atoms with Gasteiger partial charge in [-0.3, -0.25) is 10.2 Å². The number of hydrogen-bond donors (Lipinski definition) is 1. The molecule has 0 bridgehead atoms. The molecule has 1 heterocycles. The molecular weight excluding hydrogens is 849 g/mol. The molecule has 1 aliphatic rings. The first-order valence-electron chi connectivity index (χ1n) is 19.7. The lowest BCUT2D eigenvalue weighted by atomic mass is 9.84. The largest absolute Gasteiger partial charge is 0.497 e. The van der Waals surface area contributed by atoms with Crippen molar-refractivity contribution in [1.29, 1.82) is 0 Å². The highest BCUT2D eigenvalue weighted by molar-refractivity contribution is 8.01. The number of rotatable bonds is 14. The van der Waals surface area contributed by atoms with Crippen molar-refractivity contribution in [3.05, 3.63) is 210 Å². The van der Waals surface area contributed by atoms with Crippen molar-refractivity contribution >= 4 is 48.5 Å². The van der Waals surface area contributed by atoms with Gasteiger partial charge in [-0.1, -0.05) is 121 Å². The third-order valence-corrected chi connectivity index (χ3v) is 16.2. The summed E-state index contributed by atoms with van der Waals surface area (Å²) in [5.41, 5.74) is 4.87. The van der Waals surface area contributed by atoms with Crippen LogP contribution in [0.2, 0.25) is 0 Å². The smallest absolute Gasteiger partial charge is 0.260 e. The highest BCUT2D eigenvalue weighted by atomic mass is 32.2. The highest BCUT2D eigenvalue weighted by Crippen LogP contribution is 2.52. The zero-order valence-electron chi connectivity index (χ0n) is 33.3. The first-order valence-corrected chi connectivity index (χ1v) is 23.4. The van der Waals surface area contributed by atoms with Gasteiger partial charge >= 0.3 is 0 Å². The predicted octanol–water partition coefficient (Wildman–Crippen LogP) is 8.91. The van der Waals surface area contributed by atoms with Crippen molar-refractivity contribution in [3.8, 4) is 5.75 Å². The van der Waals surface area contributed by atoms with Crippen LogP contribution >= 0.6 is 11.8 Å². The van der Waals surface area contributed by atoms with Crippen LogP contribution in [0.4, 0.5) is 8.78 Å². The summed E-state index contributed by atoms with van der Waals surface area (Å²) in [6.07, 6.45) is -0.0394. The first kappa shape index (κ1) is 42.8. The van der Waals surface area contributed by atoms with Crippen LogP contribution in [0.15, 0.2) is 186 Å². The van der Waals surface area contributed by atoms with Crippen LogP contribution in [0.3, 0.4) is 0 Å². The normalized spacial score (nSPS) is 16.1. The number of hydrazine groups is 1. The summed E-state index contributed by atoms with van der Waals surface area (Å²) in [7, 11) is -7.70. The minimum Gasteiger partial charge on any atom is -0.497 e. The Morgan fingerprint density at radius 1 is 0.710 bits per heavy atom. The van der Waals surface area contributed by atoms with E-state index < -0.39 is 60.2 Å². The number of carbonyl (C=O) groups excluding carboxylic acids is 1. The average Bonchev–Trinajstić information content (AvgIpc) is 3.75. The van der Waals surface area contributed by atoms with Gasteiger partial charge < -0.3 is 4.74 Å². The van der Waals surface area contributed by atoms with Gasteiger partial charge in [0.05, 0.1) is 28.2 Å². The Kier molecular flexibility index (Phi) is 12.3. The molecule has 8 rings (SSSR count). The van der Waals surface area contributed by atoms with Gasteiger partial charge in [0.1, 0.15) is 23.4 Å². The number of nitrogens with one attached hydrogen (secondary N) is 1. The van der Waals surface area contributed by atoms with E-state index >= 15 is 4.39 Å². The van der Waals surface area contributed by atoms with Gasteiger partial charge in [0.2, 0.25) is 10.0 Å². The minimum absolute atomic E-state index is 0.0394. The van der Waals surface area contributed by atoms with Gasteiger partial charge in [-0.25, -0.2) is 25.6 Å². The third-order valence-electron chi connectivity index (χ3n) is 10.9. The van der Waals surface area contributed by atoms with Crippen LogP contribution in [0.5, 0.6) is 5.75 Å². The number of methoxy groups -OCH3 is 1. The fraction of sp³-hybridized carbons (Fsp3) is 0.146. The van der Waals surface area contributed by atoms with Crippen molar-refractivity contribution in [3.63, 3.8) is 0 Å². The summed E-state index contributed by atoms with van der Waals surface area (Å²) in [6, 6.07) is 48.0. The van der Waals surface area contributed by atoms with Crippen LogP contribution < -0.4 is 10.2 Å². The first-order chi connectivity index (χ1) is 29.9. The Labute approximate surface area is 364 Å². The Hall–Kier alpha value is -5.90. The molecule has 9 nitrogen and oxygen atoms in total. The van der Waals surface area contributed by atoms with Crippen molar-refractivity contribution in [2.24, 2.45) is 0 Å². The van der Waals surface area contributed by atoms with E-state index in [1.54, 1.807) is 24.3 Å². The van der Waals surface area contributed by atoms with Gasteiger partial charge in [0.25, 0.3) is 15.9 Å². The molecule has 1 N–H and O–H groups in total. The maximum absolute atomic E-state index is 15.2. The Balaban J connectivity index is 1.23. The van der Waals surface area contributed by atoms with Crippen LogP contribution in [0, 0.1) is 11.6 Å². The molecule has 1 fully saturated rings. The number of amides is 1. The SMILES string of the molecule is COc1ccc(S(=O)(=O)N(Cc2cc(F)ccc2F)NC(=O)[C@@H]2C[C@@H](SC(c3ccccc3)(c3ccccc3)c3ccccc3)CN2S(=O)(=O)c2ccc3ccccc3c2)cc1. The van der Waals surface area contributed by atoms with Crippen LogP contribution in [-0.2, 0) is 36.1 Å². The zero-order valence-corrected chi connectivity index (χ0v) is 35.8. The molecule has 0 spiro atoms. The Morgan fingerprint density at radius 3 is 1.84 bits per heavy atom. The molecule has 14 heteroatoms. The second-order valence-corrected chi connectivity index (χ2v) is 20.0. The lowest BCUT2D eigenvalue weighted by Gasteiger charge is -2.37. The van der Waals surface area contributed by atoms with Gasteiger partial charge in [-0.05, 0) is 88.5 Å². The predicted molar refractivity (Wildman–Crippen MR) is 237 cm³/mol. The summed E-state index contributed by atoms with van der Waals surface area (Å²) in [4.78, 5) is 14.5. The number of carbonyl (C=O) groups is 1. The van der Waals surface area contributed by atoms with E-state index in [0.717, 1.165) is 44.6 Å². The summed E-state index contributed by atoms with van der Waals surface area (Å²) >= 11 is 1.51. The molecule has 316 valence electrons. The number of benzene rings is 7. The topological polar surface area (TPSA) is 113 Å². The number of fused-ring (bicyclic) bond motifs is 1. The van der Waals surface area contributed by atoms with Gasteiger partial charge in [-0.2, -0.15) is 4.31 Å². The lowest BCUT2D eigenvalue weighted by molar-refractivity contribution is -0.127. The maximum Gasteiger partial charge on any atom is 0.260 e. The second kappa shape index (κ2) is 17.8. The number of hydrogen-bond acceptors (Lipinski definition) is 7. The molecule has 0 unspecified atom stereocenters. The van der Waals surface area contributed by atoms with Crippen molar-refractivity contribution in [2.75, 3.05) is 13.7 Å². The fourth-order valence-corrected chi connectivity index (χ4v) is 12.7. The number of halogens is 2. The highest BCUT2D eigenvalue weighted by Gasteiger charge is 2.49. The lowest BCUT2D eigenvalue weighted by Crippen LogP contribution is -2.53. The number of sulfonamides is 2. The van der Waals surface area contributed by atoms with Crippen molar-refractivity contribution in [1.82, 2.24) is 14.1 Å². The molecule has 7 aromatic carbocycles. The summed E-state index contributed by atoms with van der Waals surface area (Å²) in [5.74, 6) is -2.35. The summed E-state index contributed by atoms with van der Waals surface area (Å²) in [6.45, 7) is -0.943. The van der Waals surface area contributed by atoms with E-state index in [2.05, 4.69) is 5.43 Å². The molecule has 7 aromatic rings. The van der Waals surface area contributed by atoms with E-state index in [0.29, 0.717) is 15.5 Å². The fourth-order valence-electron chi connectivity index (χ4n) is 7.87. The molecule has 1 aliphatic heterocycles. The number of ether oxygens (including phenoxy) is 1. The molecule has 2 atom stereocenters. The van der Waals surface area contributed by atoms with Gasteiger partial charge in [0.15, 0.2) is 0 Å². The monoisotopic (exact) mass is 889 g/mol. The molecule has 0 radical (unpaired) electrons. The molecule has 0 aliphatic carbocycles. The van der Waals surface area contributed by atoms with Crippen LogP contribution in [-0.4, -0.2) is 56.4 Å². The Morgan fingerprint density at radius 2 is 1.26 bits per heavy atom.